The van der Waals surface area contributed by atoms with Gasteiger partial charge in [-0.25, -0.2) is 4.39 Å². The predicted molar refractivity (Wildman–Crippen MR) is 88.4 cm³/mol. The first kappa shape index (κ1) is 16.5. The molecule has 128 valence electrons. The van der Waals surface area contributed by atoms with E-state index in [-0.39, 0.29) is 17.6 Å². The minimum atomic E-state index is -0.602. The molecule has 1 aliphatic heterocycles. The maximum Gasteiger partial charge on any atom is 0.263 e. The zero-order valence-electron chi connectivity index (χ0n) is 14.0. The Morgan fingerprint density at radius 1 is 1.42 bits per heavy atom. The van der Waals surface area contributed by atoms with E-state index in [0.717, 1.165) is 30.8 Å². The lowest BCUT2D eigenvalue weighted by molar-refractivity contribution is -0.139. The zero-order valence-corrected chi connectivity index (χ0v) is 14.0. The highest BCUT2D eigenvalue weighted by Crippen LogP contribution is 2.26. The van der Waals surface area contributed by atoms with Gasteiger partial charge in [-0.3, -0.25) is 9.89 Å². The van der Waals surface area contributed by atoms with Crippen LogP contribution in [0.25, 0.3) is 0 Å². The van der Waals surface area contributed by atoms with Gasteiger partial charge in [-0.1, -0.05) is 0 Å². The number of aromatic nitrogens is 2. The highest BCUT2D eigenvalue weighted by atomic mass is 19.1. The molecule has 1 N–H and O–H groups in total. The van der Waals surface area contributed by atoms with Crippen molar-refractivity contribution in [2.45, 2.75) is 38.7 Å². The van der Waals surface area contributed by atoms with Crippen LogP contribution in [0.3, 0.4) is 0 Å². The van der Waals surface area contributed by atoms with E-state index in [4.69, 9.17) is 4.74 Å². The molecule has 1 aromatic heterocycles. The lowest BCUT2D eigenvalue weighted by Gasteiger charge is -2.33. The van der Waals surface area contributed by atoms with E-state index < -0.39 is 6.10 Å². The minimum Gasteiger partial charge on any atom is -0.481 e. The molecular weight excluding hydrogens is 309 g/mol. The van der Waals surface area contributed by atoms with Crippen molar-refractivity contribution in [3.8, 4) is 5.75 Å². The van der Waals surface area contributed by atoms with Crippen LogP contribution in [-0.2, 0) is 4.79 Å². The third kappa shape index (κ3) is 3.75. The van der Waals surface area contributed by atoms with Gasteiger partial charge in [0.1, 0.15) is 11.6 Å². The van der Waals surface area contributed by atoms with Crippen molar-refractivity contribution in [2.75, 3.05) is 13.1 Å². The van der Waals surface area contributed by atoms with Crippen molar-refractivity contribution in [3.05, 3.63) is 47.5 Å². The van der Waals surface area contributed by atoms with Crippen LogP contribution in [0.2, 0.25) is 0 Å². The van der Waals surface area contributed by atoms with Gasteiger partial charge in [0.05, 0.1) is 5.69 Å². The van der Waals surface area contributed by atoms with Crippen LogP contribution >= 0.6 is 0 Å². The molecule has 24 heavy (non-hydrogen) atoms. The van der Waals surface area contributed by atoms with Gasteiger partial charge in [0.2, 0.25) is 0 Å². The predicted octanol–water partition coefficient (Wildman–Crippen LogP) is 3.03. The van der Waals surface area contributed by atoms with Gasteiger partial charge in [0, 0.05) is 24.7 Å². The molecule has 2 heterocycles. The number of amides is 1. The smallest absolute Gasteiger partial charge is 0.263 e. The molecule has 0 aliphatic carbocycles. The molecule has 0 bridgehead atoms. The number of aryl methyl sites for hydroxylation is 1. The van der Waals surface area contributed by atoms with Crippen LogP contribution < -0.4 is 4.74 Å². The average Bonchev–Trinajstić information content (AvgIpc) is 3.03. The summed E-state index contributed by atoms with van der Waals surface area (Å²) in [6.07, 6.45) is 1.38. The Labute approximate surface area is 140 Å². The maximum atomic E-state index is 12.9. The number of benzene rings is 1. The van der Waals surface area contributed by atoms with Crippen LogP contribution in [0.1, 0.15) is 37.1 Å². The summed E-state index contributed by atoms with van der Waals surface area (Å²) in [6.45, 7) is 5.09. The van der Waals surface area contributed by atoms with Crippen LogP contribution in [0.4, 0.5) is 4.39 Å². The van der Waals surface area contributed by atoms with Gasteiger partial charge in [-0.2, -0.15) is 5.10 Å². The first-order chi connectivity index (χ1) is 11.5. The lowest BCUT2D eigenvalue weighted by atomic mass is 9.94. The number of rotatable bonds is 4. The van der Waals surface area contributed by atoms with E-state index >= 15 is 0 Å². The van der Waals surface area contributed by atoms with E-state index in [9.17, 15) is 9.18 Å². The van der Waals surface area contributed by atoms with E-state index in [1.807, 2.05) is 17.9 Å². The molecule has 2 atom stereocenters. The van der Waals surface area contributed by atoms with Crippen molar-refractivity contribution in [1.29, 1.82) is 0 Å². The number of aromatic amines is 1. The van der Waals surface area contributed by atoms with Crippen molar-refractivity contribution >= 4 is 5.91 Å². The van der Waals surface area contributed by atoms with E-state index in [1.165, 1.54) is 24.3 Å². The number of likely N-dealkylation sites (tertiary alicyclic amines) is 1. The van der Waals surface area contributed by atoms with Crippen LogP contribution in [-0.4, -0.2) is 40.2 Å². The summed E-state index contributed by atoms with van der Waals surface area (Å²) in [5.41, 5.74) is 2.04. The number of carbonyl (C=O) groups is 1. The summed E-state index contributed by atoms with van der Waals surface area (Å²) in [5.74, 6) is 0.380. The SMILES string of the molecule is Cc1cc([C@H]2CCCN(C(=O)[C@@H](C)Oc3ccc(F)cc3)C2)n[nH]1. The number of piperidine rings is 1. The van der Waals surface area contributed by atoms with Gasteiger partial charge in [0.25, 0.3) is 5.91 Å². The van der Waals surface area contributed by atoms with Gasteiger partial charge in [0.15, 0.2) is 6.10 Å². The van der Waals surface area contributed by atoms with E-state index in [1.54, 1.807) is 6.92 Å². The normalized spacial score (nSPS) is 19.1. The van der Waals surface area contributed by atoms with Crippen molar-refractivity contribution in [1.82, 2.24) is 15.1 Å². The largest absolute Gasteiger partial charge is 0.481 e. The Morgan fingerprint density at radius 2 is 2.17 bits per heavy atom. The Kier molecular flexibility index (Phi) is 4.83. The van der Waals surface area contributed by atoms with E-state index in [2.05, 4.69) is 10.2 Å². The summed E-state index contributed by atoms with van der Waals surface area (Å²) in [5, 5.41) is 7.29. The summed E-state index contributed by atoms with van der Waals surface area (Å²) in [7, 11) is 0. The van der Waals surface area contributed by atoms with Crippen molar-refractivity contribution < 1.29 is 13.9 Å². The Bertz CT molecular complexity index is 699. The summed E-state index contributed by atoms with van der Waals surface area (Å²) in [6, 6.07) is 7.75. The fourth-order valence-corrected chi connectivity index (χ4v) is 3.09. The second kappa shape index (κ2) is 7.03. The second-order valence-corrected chi connectivity index (χ2v) is 6.31. The second-order valence-electron chi connectivity index (χ2n) is 6.31. The highest BCUT2D eigenvalue weighted by Gasteiger charge is 2.29. The molecule has 0 spiro atoms. The highest BCUT2D eigenvalue weighted by molar-refractivity contribution is 5.81. The van der Waals surface area contributed by atoms with Crippen molar-refractivity contribution in [2.24, 2.45) is 0 Å². The molecule has 5 nitrogen and oxygen atoms in total. The molecule has 1 fully saturated rings. The summed E-state index contributed by atoms with van der Waals surface area (Å²) in [4.78, 5) is 14.5. The fraction of sp³-hybridized carbons (Fsp3) is 0.444. The number of H-pyrrole nitrogens is 1. The van der Waals surface area contributed by atoms with Crippen LogP contribution in [0, 0.1) is 12.7 Å². The molecular formula is C18H22FN3O2. The molecule has 1 amide bonds. The number of ether oxygens (including phenoxy) is 1. The van der Waals surface area contributed by atoms with Gasteiger partial charge < -0.3 is 9.64 Å². The van der Waals surface area contributed by atoms with E-state index in [0.29, 0.717) is 12.3 Å². The lowest BCUT2D eigenvalue weighted by Crippen LogP contribution is -2.45. The molecule has 1 aromatic carbocycles. The topological polar surface area (TPSA) is 58.2 Å². The monoisotopic (exact) mass is 331 g/mol. The molecule has 3 rings (SSSR count). The average molecular weight is 331 g/mol. The first-order valence-electron chi connectivity index (χ1n) is 8.26. The quantitative estimate of drug-likeness (QED) is 0.937. The first-order valence-corrected chi connectivity index (χ1v) is 8.26. The Morgan fingerprint density at radius 3 is 2.83 bits per heavy atom. The minimum absolute atomic E-state index is 0.0451. The number of halogens is 1. The number of nitrogens with zero attached hydrogens (tertiary/aromatic N) is 2. The third-order valence-corrected chi connectivity index (χ3v) is 4.35. The molecule has 1 saturated heterocycles. The molecule has 0 unspecified atom stereocenters. The third-order valence-electron chi connectivity index (χ3n) is 4.35. The number of hydrogen-bond donors (Lipinski definition) is 1. The summed E-state index contributed by atoms with van der Waals surface area (Å²) < 4.78 is 18.6. The number of nitrogens with one attached hydrogen (secondary N) is 1. The number of carbonyl (C=O) groups excluding carboxylic acids is 1. The van der Waals surface area contributed by atoms with Gasteiger partial charge >= 0.3 is 0 Å². The molecule has 6 heteroatoms. The Hall–Kier alpha value is -2.37. The standard InChI is InChI=1S/C18H22FN3O2/c1-12-10-17(21-20-12)14-4-3-9-22(11-14)18(23)13(2)24-16-7-5-15(19)6-8-16/h5-8,10,13-14H,3-4,9,11H2,1-2H3,(H,20,21)/t13-,14+/m1/s1. The van der Waals surface area contributed by atoms with Crippen molar-refractivity contribution in [3.63, 3.8) is 0 Å². The fourth-order valence-electron chi connectivity index (χ4n) is 3.09. The molecule has 0 radical (unpaired) electrons. The molecule has 2 aromatic rings. The maximum absolute atomic E-state index is 12.9. The Balaban J connectivity index is 1.62. The molecule has 0 saturated carbocycles. The van der Waals surface area contributed by atoms with Crippen LogP contribution in [0.15, 0.2) is 30.3 Å². The van der Waals surface area contributed by atoms with Crippen LogP contribution in [0.5, 0.6) is 5.75 Å². The number of hydrogen-bond acceptors (Lipinski definition) is 3. The summed E-state index contributed by atoms with van der Waals surface area (Å²) >= 11 is 0. The van der Waals surface area contributed by atoms with Gasteiger partial charge in [-0.15, -0.1) is 0 Å². The van der Waals surface area contributed by atoms with Gasteiger partial charge in [-0.05, 0) is 57.0 Å². The zero-order chi connectivity index (χ0) is 17.1. The molecule has 1 aliphatic rings.